The van der Waals surface area contributed by atoms with E-state index in [1.54, 1.807) is 7.11 Å². The number of ether oxygens (including phenoxy) is 1. The second-order valence-electron chi connectivity index (χ2n) is 8.44. The predicted molar refractivity (Wildman–Crippen MR) is 132 cm³/mol. The van der Waals surface area contributed by atoms with Gasteiger partial charge in [-0.1, -0.05) is 60.7 Å². The number of imide groups is 1. The van der Waals surface area contributed by atoms with Gasteiger partial charge >= 0.3 is 0 Å². The highest BCUT2D eigenvalue weighted by atomic mass is 16.5. The van der Waals surface area contributed by atoms with E-state index in [9.17, 15) is 9.59 Å². The quantitative estimate of drug-likeness (QED) is 0.532. The molecule has 0 unspecified atom stereocenters. The molecule has 0 saturated carbocycles. The molecule has 6 heteroatoms. The Labute approximate surface area is 199 Å². The second kappa shape index (κ2) is 9.43. The third-order valence-electron chi connectivity index (χ3n) is 6.42. The summed E-state index contributed by atoms with van der Waals surface area (Å²) in [6.07, 6.45) is 0. The molecule has 2 aliphatic rings. The van der Waals surface area contributed by atoms with Crippen LogP contribution in [0.15, 0.2) is 90.6 Å². The molecule has 6 nitrogen and oxygen atoms in total. The zero-order valence-electron chi connectivity index (χ0n) is 19.2. The molecule has 2 amide bonds. The number of rotatable bonds is 6. The number of anilines is 1. The molecule has 0 aliphatic carbocycles. The topological polar surface area (TPSA) is 53.1 Å². The number of amides is 2. The van der Waals surface area contributed by atoms with Crippen LogP contribution >= 0.6 is 0 Å². The van der Waals surface area contributed by atoms with E-state index >= 15 is 0 Å². The summed E-state index contributed by atoms with van der Waals surface area (Å²) in [5.74, 6) is 0.267. The molecule has 2 aliphatic heterocycles. The van der Waals surface area contributed by atoms with Gasteiger partial charge in [-0.2, -0.15) is 0 Å². The molecule has 0 radical (unpaired) electrons. The lowest BCUT2D eigenvalue weighted by molar-refractivity contribution is -0.138. The van der Waals surface area contributed by atoms with Gasteiger partial charge in [0.15, 0.2) is 0 Å². The van der Waals surface area contributed by atoms with Crippen LogP contribution in [0.4, 0.5) is 5.69 Å². The molecule has 0 atom stereocenters. The minimum atomic E-state index is -0.243. The zero-order chi connectivity index (χ0) is 23.5. The molecule has 3 aromatic rings. The molecule has 0 N–H and O–H groups in total. The van der Waals surface area contributed by atoms with Gasteiger partial charge in [0, 0.05) is 31.9 Å². The maximum atomic E-state index is 13.6. The van der Waals surface area contributed by atoms with E-state index in [-0.39, 0.29) is 18.4 Å². The Balaban J connectivity index is 1.42. The Morgan fingerprint density at radius 2 is 1.29 bits per heavy atom. The summed E-state index contributed by atoms with van der Waals surface area (Å²) >= 11 is 0. The lowest BCUT2D eigenvalue weighted by atomic mass is 10.0. The number of benzene rings is 3. The average Bonchev–Trinajstić information content (AvgIpc) is 3.15. The van der Waals surface area contributed by atoms with Gasteiger partial charge in [0.2, 0.25) is 0 Å². The number of carbonyl (C=O) groups excluding carboxylic acids is 2. The number of piperazine rings is 1. The number of nitrogens with zero attached hydrogens (tertiary/aromatic N) is 3. The summed E-state index contributed by atoms with van der Waals surface area (Å²) in [6, 6.07) is 27.3. The Bertz CT molecular complexity index is 1200. The van der Waals surface area contributed by atoms with Crippen molar-refractivity contribution in [2.45, 2.75) is 6.54 Å². The van der Waals surface area contributed by atoms with Crippen molar-refractivity contribution < 1.29 is 14.3 Å². The summed E-state index contributed by atoms with van der Waals surface area (Å²) in [5.41, 5.74) is 3.84. The monoisotopic (exact) mass is 453 g/mol. The van der Waals surface area contributed by atoms with Gasteiger partial charge in [0.05, 0.1) is 19.2 Å². The van der Waals surface area contributed by atoms with Gasteiger partial charge in [-0.3, -0.25) is 14.5 Å². The van der Waals surface area contributed by atoms with Crippen LogP contribution in [0.3, 0.4) is 0 Å². The summed E-state index contributed by atoms with van der Waals surface area (Å²) in [7, 11) is 1.61. The van der Waals surface area contributed by atoms with E-state index in [0.29, 0.717) is 24.4 Å². The van der Waals surface area contributed by atoms with E-state index in [0.717, 1.165) is 30.0 Å². The highest BCUT2D eigenvalue weighted by molar-refractivity contribution is 6.35. The third kappa shape index (κ3) is 4.15. The van der Waals surface area contributed by atoms with Crippen LogP contribution in [-0.4, -0.2) is 54.9 Å². The summed E-state index contributed by atoms with van der Waals surface area (Å²) in [5, 5.41) is 0. The molecular formula is C28H27N3O3. The predicted octanol–water partition coefficient (Wildman–Crippen LogP) is 3.80. The first-order valence-corrected chi connectivity index (χ1v) is 11.5. The number of para-hydroxylation sites is 1. The maximum absolute atomic E-state index is 13.6. The van der Waals surface area contributed by atoms with Gasteiger partial charge < -0.3 is 14.5 Å². The lowest BCUT2D eigenvalue weighted by Gasteiger charge is -2.37. The van der Waals surface area contributed by atoms with Crippen LogP contribution in [0.2, 0.25) is 0 Å². The molecule has 1 fully saturated rings. The Hall–Kier alpha value is -4.06. The lowest BCUT2D eigenvalue weighted by Crippen LogP contribution is -2.47. The Morgan fingerprint density at radius 3 is 1.91 bits per heavy atom. The Kier molecular flexibility index (Phi) is 6.04. The first-order chi connectivity index (χ1) is 16.7. The minimum Gasteiger partial charge on any atom is -0.497 e. The van der Waals surface area contributed by atoms with Crippen molar-refractivity contribution in [3.8, 4) is 5.75 Å². The maximum Gasteiger partial charge on any atom is 0.278 e. The van der Waals surface area contributed by atoms with E-state index in [1.807, 2.05) is 72.8 Å². The number of hydrogen-bond donors (Lipinski definition) is 0. The van der Waals surface area contributed by atoms with E-state index in [2.05, 4.69) is 21.9 Å². The fraction of sp³-hybridized carbons (Fsp3) is 0.214. The first kappa shape index (κ1) is 21.8. The molecule has 0 bridgehead atoms. The van der Waals surface area contributed by atoms with Gasteiger partial charge in [-0.15, -0.1) is 0 Å². The zero-order valence-corrected chi connectivity index (χ0v) is 19.2. The van der Waals surface area contributed by atoms with Crippen molar-refractivity contribution in [1.82, 2.24) is 9.80 Å². The third-order valence-corrected chi connectivity index (χ3v) is 6.42. The van der Waals surface area contributed by atoms with Crippen LogP contribution in [0.25, 0.3) is 5.57 Å². The van der Waals surface area contributed by atoms with Crippen molar-refractivity contribution in [2.75, 3.05) is 38.2 Å². The molecule has 1 saturated heterocycles. The molecule has 3 aromatic carbocycles. The normalized spacial score (nSPS) is 16.4. The van der Waals surface area contributed by atoms with Gasteiger partial charge in [0.1, 0.15) is 11.4 Å². The van der Waals surface area contributed by atoms with Crippen LogP contribution in [0.5, 0.6) is 5.75 Å². The van der Waals surface area contributed by atoms with Crippen LogP contribution in [0, 0.1) is 0 Å². The first-order valence-electron chi connectivity index (χ1n) is 11.5. The summed E-state index contributed by atoms with van der Waals surface area (Å²) < 4.78 is 5.23. The molecule has 5 rings (SSSR count). The smallest absolute Gasteiger partial charge is 0.278 e. The fourth-order valence-electron chi connectivity index (χ4n) is 4.61. The number of hydrogen-bond acceptors (Lipinski definition) is 5. The van der Waals surface area contributed by atoms with Crippen molar-refractivity contribution in [3.05, 3.63) is 102 Å². The molecular weight excluding hydrogens is 426 g/mol. The van der Waals surface area contributed by atoms with Crippen molar-refractivity contribution in [2.24, 2.45) is 0 Å². The van der Waals surface area contributed by atoms with Crippen LogP contribution in [0.1, 0.15) is 11.1 Å². The highest BCUT2D eigenvalue weighted by Crippen LogP contribution is 2.33. The van der Waals surface area contributed by atoms with Gasteiger partial charge in [0.25, 0.3) is 11.8 Å². The highest BCUT2D eigenvalue weighted by Gasteiger charge is 2.42. The van der Waals surface area contributed by atoms with Gasteiger partial charge in [-0.25, -0.2) is 0 Å². The number of methoxy groups -OCH3 is 1. The van der Waals surface area contributed by atoms with Crippen LogP contribution < -0.4 is 9.64 Å². The molecule has 0 aromatic heterocycles. The van der Waals surface area contributed by atoms with Gasteiger partial charge in [-0.05, 0) is 35.4 Å². The largest absolute Gasteiger partial charge is 0.497 e. The van der Waals surface area contributed by atoms with Crippen molar-refractivity contribution in [3.63, 3.8) is 0 Å². The second-order valence-corrected chi connectivity index (χ2v) is 8.44. The van der Waals surface area contributed by atoms with Crippen molar-refractivity contribution >= 4 is 23.1 Å². The van der Waals surface area contributed by atoms with Crippen LogP contribution in [-0.2, 0) is 16.1 Å². The number of carbonyl (C=O) groups is 2. The Morgan fingerprint density at radius 1 is 0.706 bits per heavy atom. The minimum absolute atomic E-state index is 0.228. The van der Waals surface area contributed by atoms with Crippen molar-refractivity contribution in [1.29, 1.82) is 0 Å². The fourth-order valence-corrected chi connectivity index (χ4v) is 4.61. The standard InChI is InChI=1S/C28H27N3O3/c1-34-24-14-12-21(13-15-24)20-31-27(32)25(22-8-4-2-5-9-22)26(28(31)33)30-18-16-29(17-19-30)23-10-6-3-7-11-23/h2-15H,16-20H2,1H3. The van der Waals surface area contributed by atoms with E-state index in [4.69, 9.17) is 4.74 Å². The average molecular weight is 454 g/mol. The SMILES string of the molecule is COc1ccc(CN2C(=O)C(c3ccccc3)=C(N3CCN(c4ccccc4)CC3)C2=O)cc1. The molecule has 172 valence electrons. The molecule has 2 heterocycles. The molecule has 0 spiro atoms. The molecule has 34 heavy (non-hydrogen) atoms. The summed E-state index contributed by atoms with van der Waals surface area (Å²) in [6.45, 7) is 3.16. The van der Waals surface area contributed by atoms with E-state index < -0.39 is 0 Å². The summed E-state index contributed by atoms with van der Waals surface area (Å²) in [4.78, 5) is 33.0. The van der Waals surface area contributed by atoms with E-state index in [1.165, 1.54) is 10.6 Å².